The SMILES string of the molecule is C/C(=C1/[C@H]2N1C(=O)OCC2(C)C)c1ccc(C)cc1. The molecule has 0 saturated carbocycles. The van der Waals surface area contributed by atoms with E-state index in [2.05, 4.69) is 52.0 Å². The summed E-state index contributed by atoms with van der Waals surface area (Å²) in [7, 11) is 0. The van der Waals surface area contributed by atoms with Crippen LogP contribution < -0.4 is 0 Å². The zero-order valence-corrected chi connectivity index (χ0v) is 11.9. The lowest BCUT2D eigenvalue weighted by molar-refractivity contribution is 0.0498. The molecule has 3 rings (SSSR count). The smallest absolute Gasteiger partial charge is 0.414 e. The van der Waals surface area contributed by atoms with Crippen molar-refractivity contribution in [2.45, 2.75) is 33.7 Å². The molecule has 0 aromatic heterocycles. The first-order valence-electron chi connectivity index (χ1n) is 6.65. The Balaban J connectivity index is 2.00. The number of aryl methyl sites for hydroxylation is 1. The van der Waals surface area contributed by atoms with Gasteiger partial charge in [0, 0.05) is 5.41 Å². The van der Waals surface area contributed by atoms with Gasteiger partial charge in [0.1, 0.15) is 6.61 Å². The van der Waals surface area contributed by atoms with Gasteiger partial charge in [-0.05, 0) is 25.0 Å². The maximum atomic E-state index is 11.8. The van der Waals surface area contributed by atoms with E-state index in [4.69, 9.17) is 4.74 Å². The van der Waals surface area contributed by atoms with E-state index in [0.29, 0.717) is 6.61 Å². The number of hydrogen-bond donors (Lipinski definition) is 0. The highest BCUT2D eigenvalue weighted by molar-refractivity contribution is 5.85. The molecule has 1 aromatic carbocycles. The van der Waals surface area contributed by atoms with Crippen molar-refractivity contribution in [3.63, 3.8) is 0 Å². The molecule has 0 radical (unpaired) electrons. The van der Waals surface area contributed by atoms with Gasteiger partial charge in [-0.3, -0.25) is 4.90 Å². The van der Waals surface area contributed by atoms with E-state index in [1.165, 1.54) is 16.7 Å². The minimum Gasteiger partial charge on any atom is -0.448 e. The van der Waals surface area contributed by atoms with Crippen LogP contribution in [0.5, 0.6) is 0 Å². The summed E-state index contributed by atoms with van der Waals surface area (Å²) in [6.45, 7) is 8.95. The standard InChI is InChI=1S/C16H19NO2/c1-10-5-7-12(8-6-10)11(2)13-14-16(3,4)9-19-15(18)17(13)14/h5-8,14H,9H2,1-4H3/b13-11+/t14-,17?/m1/s1. The molecule has 2 heterocycles. The summed E-state index contributed by atoms with van der Waals surface area (Å²) in [6.07, 6.45) is -0.203. The minimum atomic E-state index is -0.203. The van der Waals surface area contributed by atoms with E-state index >= 15 is 0 Å². The van der Waals surface area contributed by atoms with E-state index in [1.54, 1.807) is 4.90 Å². The van der Waals surface area contributed by atoms with Crippen LogP contribution in [0, 0.1) is 12.3 Å². The highest BCUT2D eigenvalue weighted by Crippen LogP contribution is 2.51. The number of hydrogen-bond acceptors (Lipinski definition) is 2. The molecule has 2 fully saturated rings. The number of allylic oxidation sites excluding steroid dienone is 1. The Hall–Kier alpha value is -1.77. The largest absolute Gasteiger partial charge is 0.448 e. The highest BCUT2D eigenvalue weighted by Gasteiger charge is 2.59. The van der Waals surface area contributed by atoms with Gasteiger partial charge < -0.3 is 4.74 Å². The van der Waals surface area contributed by atoms with Crippen molar-refractivity contribution >= 4 is 11.7 Å². The zero-order valence-electron chi connectivity index (χ0n) is 11.9. The molecule has 3 heteroatoms. The number of nitrogens with zero attached hydrogens (tertiary/aromatic N) is 1. The Labute approximate surface area is 113 Å². The first-order valence-corrected chi connectivity index (χ1v) is 6.65. The lowest BCUT2D eigenvalue weighted by Gasteiger charge is -2.27. The van der Waals surface area contributed by atoms with Gasteiger partial charge in [0.05, 0.1) is 11.7 Å². The Morgan fingerprint density at radius 2 is 1.95 bits per heavy atom. The fourth-order valence-corrected chi connectivity index (χ4v) is 2.85. The fourth-order valence-electron chi connectivity index (χ4n) is 2.85. The van der Waals surface area contributed by atoms with Crippen LogP contribution in [-0.2, 0) is 4.74 Å². The predicted molar refractivity (Wildman–Crippen MR) is 74.5 cm³/mol. The van der Waals surface area contributed by atoms with Crippen molar-refractivity contribution in [2.24, 2.45) is 5.41 Å². The van der Waals surface area contributed by atoms with Gasteiger partial charge in [0.2, 0.25) is 0 Å². The second-order valence-corrected chi connectivity index (χ2v) is 6.19. The summed E-state index contributed by atoms with van der Waals surface area (Å²) >= 11 is 0. The molecule has 2 aliphatic rings. The summed E-state index contributed by atoms with van der Waals surface area (Å²) in [4.78, 5) is 13.6. The Morgan fingerprint density at radius 1 is 1.32 bits per heavy atom. The third-order valence-electron chi connectivity index (χ3n) is 4.08. The average Bonchev–Trinajstić information content (AvgIpc) is 3.12. The second kappa shape index (κ2) is 3.86. The van der Waals surface area contributed by atoms with Gasteiger partial charge in [0.15, 0.2) is 0 Å². The summed E-state index contributed by atoms with van der Waals surface area (Å²) in [5.41, 5.74) is 4.72. The zero-order chi connectivity index (χ0) is 13.8. The summed E-state index contributed by atoms with van der Waals surface area (Å²) in [5.74, 6) is 0. The molecular weight excluding hydrogens is 238 g/mol. The number of cyclic esters (lactones) is 1. The van der Waals surface area contributed by atoms with Crippen LogP contribution in [0.2, 0.25) is 0 Å². The molecule has 1 aromatic rings. The van der Waals surface area contributed by atoms with Crippen LogP contribution in [0.3, 0.4) is 0 Å². The Kier molecular flexibility index (Phi) is 2.49. The normalized spacial score (nSPS) is 26.6. The van der Waals surface area contributed by atoms with Crippen molar-refractivity contribution in [1.82, 2.24) is 4.90 Å². The molecular formula is C16H19NO2. The van der Waals surface area contributed by atoms with E-state index in [-0.39, 0.29) is 17.6 Å². The van der Waals surface area contributed by atoms with E-state index in [9.17, 15) is 4.79 Å². The number of benzene rings is 1. The van der Waals surface area contributed by atoms with Crippen molar-refractivity contribution in [3.05, 3.63) is 41.1 Å². The lowest BCUT2D eigenvalue weighted by Crippen LogP contribution is -2.37. The van der Waals surface area contributed by atoms with E-state index in [1.807, 2.05) is 0 Å². The van der Waals surface area contributed by atoms with E-state index < -0.39 is 0 Å². The Morgan fingerprint density at radius 3 is 2.53 bits per heavy atom. The van der Waals surface area contributed by atoms with Crippen LogP contribution in [-0.4, -0.2) is 23.6 Å². The van der Waals surface area contributed by atoms with Crippen molar-refractivity contribution < 1.29 is 9.53 Å². The van der Waals surface area contributed by atoms with Crippen molar-refractivity contribution in [3.8, 4) is 0 Å². The molecule has 1 amide bonds. The molecule has 0 spiro atoms. The molecule has 0 N–H and O–H groups in total. The molecule has 0 bridgehead atoms. The fraction of sp³-hybridized carbons (Fsp3) is 0.438. The lowest BCUT2D eigenvalue weighted by atomic mass is 9.87. The number of carbonyl (C=O) groups is 1. The third-order valence-corrected chi connectivity index (χ3v) is 4.08. The average molecular weight is 257 g/mol. The number of carbonyl (C=O) groups excluding carboxylic acids is 1. The van der Waals surface area contributed by atoms with Gasteiger partial charge in [-0.1, -0.05) is 43.7 Å². The molecule has 3 nitrogen and oxygen atoms in total. The van der Waals surface area contributed by atoms with Gasteiger partial charge in [0.25, 0.3) is 0 Å². The van der Waals surface area contributed by atoms with Crippen LogP contribution in [0.4, 0.5) is 4.79 Å². The van der Waals surface area contributed by atoms with Gasteiger partial charge in [-0.25, -0.2) is 4.79 Å². The first kappa shape index (κ1) is 12.3. The topological polar surface area (TPSA) is 29.3 Å². The maximum Gasteiger partial charge on any atom is 0.414 e. The number of rotatable bonds is 1. The van der Waals surface area contributed by atoms with Crippen LogP contribution >= 0.6 is 0 Å². The highest BCUT2D eigenvalue weighted by atomic mass is 16.6. The molecule has 2 aliphatic heterocycles. The summed E-state index contributed by atoms with van der Waals surface area (Å²) in [5, 5.41) is 0. The van der Waals surface area contributed by atoms with Crippen molar-refractivity contribution in [2.75, 3.05) is 6.61 Å². The van der Waals surface area contributed by atoms with Gasteiger partial charge >= 0.3 is 6.09 Å². The second-order valence-electron chi connectivity index (χ2n) is 6.19. The monoisotopic (exact) mass is 257 g/mol. The molecule has 1 atom stereocenters. The number of fused-ring (bicyclic) bond motifs is 1. The third kappa shape index (κ3) is 1.84. The molecule has 19 heavy (non-hydrogen) atoms. The van der Waals surface area contributed by atoms with Gasteiger partial charge in [-0.2, -0.15) is 0 Å². The molecule has 100 valence electrons. The number of amides is 1. The van der Waals surface area contributed by atoms with Crippen LogP contribution in [0.25, 0.3) is 5.57 Å². The molecule has 0 unspecified atom stereocenters. The quantitative estimate of drug-likeness (QED) is 0.719. The van der Waals surface area contributed by atoms with Crippen LogP contribution in [0.1, 0.15) is 31.9 Å². The summed E-state index contributed by atoms with van der Waals surface area (Å²) < 4.78 is 5.24. The van der Waals surface area contributed by atoms with Gasteiger partial charge in [-0.15, -0.1) is 0 Å². The molecule has 2 saturated heterocycles. The predicted octanol–water partition coefficient (Wildman–Crippen LogP) is 3.59. The minimum absolute atomic E-state index is 0.00476. The number of ether oxygens (including phenoxy) is 1. The first-order chi connectivity index (χ1) is 8.92. The maximum absolute atomic E-state index is 11.8. The van der Waals surface area contributed by atoms with Crippen LogP contribution in [0.15, 0.2) is 30.0 Å². The Bertz CT molecular complexity index is 569. The van der Waals surface area contributed by atoms with E-state index in [0.717, 1.165) is 5.70 Å². The summed E-state index contributed by atoms with van der Waals surface area (Å²) in [6, 6.07) is 8.63. The molecule has 0 aliphatic carbocycles. The van der Waals surface area contributed by atoms with Crippen molar-refractivity contribution in [1.29, 1.82) is 0 Å².